The second-order valence-corrected chi connectivity index (χ2v) is 4.50. The zero-order valence-corrected chi connectivity index (χ0v) is 10.5. The summed E-state index contributed by atoms with van der Waals surface area (Å²) in [5.74, 6) is 1.30. The molecule has 17 heavy (non-hydrogen) atoms. The summed E-state index contributed by atoms with van der Waals surface area (Å²) in [6.45, 7) is 4.85. The quantitative estimate of drug-likeness (QED) is 0.843. The fourth-order valence-corrected chi connectivity index (χ4v) is 2.03. The molecule has 4 nitrogen and oxygen atoms in total. The molecule has 1 aromatic rings. The van der Waals surface area contributed by atoms with Gasteiger partial charge in [0.2, 0.25) is 5.88 Å². The number of ether oxygens (including phenoxy) is 2. The molecule has 1 fully saturated rings. The molecule has 2 atom stereocenters. The van der Waals surface area contributed by atoms with Gasteiger partial charge in [0.25, 0.3) is 0 Å². The molecule has 1 saturated heterocycles. The highest BCUT2D eigenvalue weighted by atomic mass is 16.5. The van der Waals surface area contributed by atoms with E-state index in [0.717, 1.165) is 26.2 Å². The van der Waals surface area contributed by atoms with E-state index >= 15 is 0 Å². The van der Waals surface area contributed by atoms with E-state index in [4.69, 9.17) is 9.47 Å². The summed E-state index contributed by atoms with van der Waals surface area (Å²) in [5, 5.41) is 3.52. The molecule has 4 heteroatoms. The minimum Gasteiger partial charge on any atom is -0.481 e. The van der Waals surface area contributed by atoms with Crippen LogP contribution in [0.15, 0.2) is 18.3 Å². The first-order valence-corrected chi connectivity index (χ1v) is 6.09. The highest BCUT2D eigenvalue weighted by Gasteiger charge is 2.21. The lowest BCUT2D eigenvalue weighted by molar-refractivity contribution is 0.178. The van der Waals surface area contributed by atoms with Crippen LogP contribution in [0, 0.1) is 5.92 Å². The molecule has 0 aliphatic carbocycles. The molecule has 1 aliphatic heterocycles. The predicted molar refractivity (Wildman–Crippen MR) is 66.0 cm³/mol. The molecule has 0 spiro atoms. The first kappa shape index (κ1) is 12.3. The first-order chi connectivity index (χ1) is 8.29. The molecule has 0 saturated carbocycles. The lowest BCUT2D eigenvalue weighted by atomic mass is 10.0. The van der Waals surface area contributed by atoms with Gasteiger partial charge in [-0.25, -0.2) is 4.98 Å². The SMILES string of the molecule is COc1ccc(CNC(C)C2CCOC2)cn1. The van der Waals surface area contributed by atoms with Gasteiger partial charge in [0.15, 0.2) is 0 Å². The van der Waals surface area contributed by atoms with Crippen molar-refractivity contribution in [3.63, 3.8) is 0 Å². The molecular formula is C13H20N2O2. The number of hydrogen-bond donors (Lipinski definition) is 1. The topological polar surface area (TPSA) is 43.4 Å². The van der Waals surface area contributed by atoms with Crippen molar-refractivity contribution in [1.82, 2.24) is 10.3 Å². The van der Waals surface area contributed by atoms with E-state index in [-0.39, 0.29) is 0 Å². The van der Waals surface area contributed by atoms with Gasteiger partial charge in [0, 0.05) is 31.5 Å². The Bertz CT molecular complexity index is 334. The molecule has 0 aromatic carbocycles. The normalized spacial score (nSPS) is 21.4. The summed E-state index contributed by atoms with van der Waals surface area (Å²) < 4.78 is 10.4. The van der Waals surface area contributed by atoms with Crippen molar-refractivity contribution < 1.29 is 9.47 Å². The van der Waals surface area contributed by atoms with Crippen molar-refractivity contribution in [2.75, 3.05) is 20.3 Å². The molecule has 1 aromatic heterocycles. The molecule has 0 bridgehead atoms. The Labute approximate surface area is 102 Å². The number of aromatic nitrogens is 1. The average Bonchev–Trinajstić information content (AvgIpc) is 2.90. The molecule has 1 aliphatic rings. The van der Waals surface area contributed by atoms with E-state index in [1.807, 2.05) is 18.3 Å². The number of nitrogens with one attached hydrogen (secondary N) is 1. The van der Waals surface area contributed by atoms with Crippen LogP contribution in [-0.2, 0) is 11.3 Å². The minimum atomic E-state index is 0.486. The van der Waals surface area contributed by atoms with Crippen LogP contribution in [0.2, 0.25) is 0 Å². The molecular weight excluding hydrogens is 216 g/mol. The van der Waals surface area contributed by atoms with Crippen LogP contribution in [0.25, 0.3) is 0 Å². The molecule has 2 unspecified atom stereocenters. The third kappa shape index (κ3) is 3.41. The van der Waals surface area contributed by atoms with Gasteiger partial charge in [-0.15, -0.1) is 0 Å². The second-order valence-electron chi connectivity index (χ2n) is 4.50. The summed E-state index contributed by atoms with van der Waals surface area (Å²) in [6, 6.07) is 4.41. The van der Waals surface area contributed by atoms with Crippen molar-refractivity contribution in [3.05, 3.63) is 23.9 Å². The van der Waals surface area contributed by atoms with Crippen molar-refractivity contribution in [1.29, 1.82) is 0 Å². The van der Waals surface area contributed by atoms with E-state index in [2.05, 4.69) is 17.2 Å². The third-order valence-electron chi connectivity index (χ3n) is 3.31. The van der Waals surface area contributed by atoms with Crippen molar-refractivity contribution in [2.45, 2.75) is 25.9 Å². The van der Waals surface area contributed by atoms with Crippen LogP contribution < -0.4 is 10.1 Å². The van der Waals surface area contributed by atoms with E-state index in [9.17, 15) is 0 Å². The van der Waals surface area contributed by atoms with E-state index in [0.29, 0.717) is 17.8 Å². The number of methoxy groups -OCH3 is 1. The van der Waals surface area contributed by atoms with Gasteiger partial charge in [0.1, 0.15) is 0 Å². The first-order valence-electron chi connectivity index (χ1n) is 6.09. The van der Waals surface area contributed by atoms with Crippen molar-refractivity contribution >= 4 is 0 Å². The predicted octanol–water partition coefficient (Wildman–Crippen LogP) is 1.60. The highest BCUT2D eigenvalue weighted by molar-refractivity contribution is 5.17. The summed E-state index contributed by atoms with van der Waals surface area (Å²) in [6.07, 6.45) is 3.01. The fraction of sp³-hybridized carbons (Fsp3) is 0.615. The zero-order chi connectivity index (χ0) is 12.1. The maximum atomic E-state index is 5.39. The monoisotopic (exact) mass is 236 g/mol. The smallest absolute Gasteiger partial charge is 0.212 e. The van der Waals surface area contributed by atoms with Gasteiger partial charge >= 0.3 is 0 Å². The Morgan fingerprint density at radius 2 is 2.47 bits per heavy atom. The van der Waals surface area contributed by atoms with Gasteiger partial charge in [-0.2, -0.15) is 0 Å². The number of hydrogen-bond acceptors (Lipinski definition) is 4. The Balaban J connectivity index is 1.80. The van der Waals surface area contributed by atoms with Gasteiger partial charge in [-0.3, -0.25) is 0 Å². The molecule has 0 radical (unpaired) electrons. The zero-order valence-electron chi connectivity index (χ0n) is 10.5. The number of rotatable bonds is 5. The molecule has 2 rings (SSSR count). The molecule has 1 N–H and O–H groups in total. The van der Waals surface area contributed by atoms with Crippen LogP contribution in [-0.4, -0.2) is 31.3 Å². The van der Waals surface area contributed by atoms with E-state index < -0.39 is 0 Å². The maximum absolute atomic E-state index is 5.39. The lowest BCUT2D eigenvalue weighted by Gasteiger charge is -2.19. The van der Waals surface area contributed by atoms with Gasteiger partial charge in [0.05, 0.1) is 13.7 Å². The van der Waals surface area contributed by atoms with Crippen LogP contribution in [0.3, 0.4) is 0 Å². The van der Waals surface area contributed by atoms with Crippen LogP contribution in [0.4, 0.5) is 0 Å². The highest BCUT2D eigenvalue weighted by Crippen LogP contribution is 2.16. The van der Waals surface area contributed by atoms with Crippen LogP contribution in [0.5, 0.6) is 5.88 Å². The summed E-state index contributed by atoms with van der Waals surface area (Å²) in [4.78, 5) is 4.19. The molecule has 94 valence electrons. The van der Waals surface area contributed by atoms with E-state index in [1.165, 1.54) is 5.56 Å². The lowest BCUT2D eigenvalue weighted by Crippen LogP contribution is -2.33. The average molecular weight is 236 g/mol. The van der Waals surface area contributed by atoms with Crippen molar-refractivity contribution in [3.8, 4) is 5.88 Å². The Morgan fingerprint density at radius 1 is 1.59 bits per heavy atom. The number of nitrogens with zero attached hydrogens (tertiary/aromatic N) is 1. The summed E-state index contributed by atoms with van der Waals surface area (Å²) in [7, 11) is 1.63. The van der Waals surface area contributed by atoms with Crippen LogP contribution >= 0.6 is 0 Å². The third-order valence-corrected chi connectivity index (χ3v) is 3.31. The molecule has 2 heterocycles. The van der Waals surface area contributed by atoms with Gasteiger partial charge < -0.3 is 14.8 Å². The fourth-order valence-electron chi connectivity index (χ4n) is 2.03. The summed E-state index contributed by atoms with van der Waals surface area (Å²) >= 11 is 0. The Hall–Kier alpha value is -1.13. The minimum absolute atomic E-state index is 0.486. The number of pyridine rings is 1. The van der Waals surface area contributed by atoms with Crippen LogP contribution in [0.1, 0.15) is 18.9 Å². The maximum Gasteiger partial charge on any atom is 0.212 e. The van der Waals surface area contributed by atoms with Crippen molar-refractivity contribution in [2.24, 2.45) is 5.92 Å². The Morgan fingerprint density at radius 3 is 3.06 bits per heavy atom. The van der Waals surface area contributed by atoms with E-state index in [1.54, 1.807) is 7.11 Å². The van der Waals surface area contributed by atoms with Gasteiger partial charge in [-0.1, -0.05) is 6.07 Å². The largest absolute Gasteiger partial charge is 0.481 e. The Kier molecular flexibility index (Phi) is 4.34. The van der Waals surface area contributed by atoms with Gasteiger partial charge in [-0.05, 0) is 24.8 Å². The molecule has 0 amide bonds. The second kappa shape index (κ2) is 5.98. The standard InChI is InChI=1S/C13H20N2O2/c1-10(12-5-6-17-9-12)14-7-11-3-4-13(16-2)15-8-11/h3-4,8,10,12,14H,5-7,9H2,1-2H3. The summed E-state index contributed by atoms with van der Waals surface area (Å²) in [5.41, 5.74) is 1.18.